The number of amidine groups is 1. The SMILES string of the molecule is C=C(NC)c1ccc2c(c1)CCc1cc(C(=O)NC)ccc1C2(CCNCC(=O)N1C(C#N)C[C@@H]2[C@H](C)[C@@H]21)C(=N)NC(=O)Nc1ccc(C)cc1. The van der Waals surface area contributed by atoms with Crippen LogP contribution in [0.1, 0.15) is 63.5 Å². The molecule has 4 amide bonds. The summed E-state index contributed by atoms with van der Waals surface area (Å²) < 4.78 is 0. The van der Waals surface area contributed by atoms with Crippen LogP contribution >= 0.6 is 0 Å². The summed E-state index contributed by atoms with van der Waals surface area (Å²) in [6.45, 7) is 8.63. The predicted octanol–water partition coefficient (Wildman–Crippen LogP) is 4.47. The van der Waals surface area contributed by atoms with E-state index in [1.807, 2.05) is 62.5 Å². The molecule has 3 aliphatic rings. The van der Waals surface area contributed by atoms with Gasteiger partial charge in [-0.05, 0) is 109 Å². The van der Waals surface area contributed by atoms with E-state index in [4.69, 9.17) is 0 Å². The number of anilines is 1. The van der Waals surface area contributed by atoms with E-state index in [9.17, 15) is 25.1 Å². The smallest absolute Gasteiger partial charge is 0.324 e. The number of likely N-dealkylation sites (tertiary alicyclic amines) is 1. The van der Waals surface area contributed by atoms with Gasteiger partial charge >= 0.3 is 6.03 Å². The molecule has 1 heterocycles. The number of piperidine rings is 1. The first-order chi connectivity index (χ1) is 24.5. The Labute approximate surface area is 299 Å². The van der Waals surface area contributed by atoms with Crippen molar-refractivity contribution < 1.29 is 14.4 Å². The summed E-state index contributed by atoms with van der Waals surface area (Å²) in [4.78, 5) is 41.5. The van der Waals surface area contributed by atoms with Gasteiger partial charge < -0.3 is 26.2 Å². The van der Waals surface area contributed by atoms with Gasteiger partial charge in [0.25, 0.3) is 5.91 Å². The summed E-state index contributed by atoms with van der Waals surface area (Å²) in [7, 11) is 3.41. The summed E-state index contributed by atoms with van der Waals surface area (Å²) in [6.07, 6.45) is 2.27. The molecule has 1 saturated carbocycles. The zero-order valence-electron chi connectivity index (χ0n) is 29.7. The lowest BCUT2D eigenvalue weighted by molar-refractivity contribution is -0.131. The van der Waals surface area contributed by atoms with Gasteiger partial charge in [0.05, 0.1) is 18.0 Å². The minimum atomic E-state index is -1.17. The number of benzene rings is 3. The second-order valence-corrected chi connectivity index (χ2v) is 13.9. The number of hydrogen-bond donors (Lipinski definition) is 6. The molecule has 2 aliphatic carbocycles. The maximum Gasteiger partial charge on any atom is 0.324 e. The molecule has 3 aromatic carbocycles. The van der Waals surface area contributed by atoms with Crippen LogP contribution in [0.15, 0.2) is 67.2 Å². The second kappa shape index (κ2) is 14.4. The summed E-state index contributed by atoms with van der Waals surface area (Å²) in [6, 6.07) is 20.5. The first kappa shape index (κ1) is 35.4. The largest absolute Gasteiger partial charge is 0.388 e. The zero-order valence-corrected chi connectivity index (χ0v) is 29.7. The molecule has 1 aliphatic heterocycles. The normalized spacial score (nSPS) is 22.6. The zero-order chi connectivity index (χ0) is 36.4. The van der Waals surface area contributed by atoms with Crippen LogP contribution in [0, 0.1) is 35.5 Å². The van der Waals surface area contributed by atoms with Crippen molar-refractivity contribution in [2.75, 3.05) is 32.5 Å². The molecule has 6 N–H and O–H groups in total. The van der Waals surface area contributed by atoms with E-state index in [1.165, 1.54) is 0 Å². The molecule has 11 heteroatoms. The van der Waals surface area contributed by atoms with Crippen molar-refractivity contribution >= 4 is 35.1 Å². The number of nitrogens with one attached hydrogen (secondary N) is 6. The number of nitrogens with zero attached hydrogens (tertiary/aromatic N) is 2. The van der Waals surface area contributed by atoms with E-state index in [1.54, 1.807) is 18.0 Å². The number of carbonyl (C=O) groups is 3. The molecule has 6 rings (SSSR count). The Balaban J connectivity index is 1.37. The maximum atomic E-state index is 13.5. The summed E-state index contributed by atoms with van der Waals surface area (Å²) in [5.74, 6) is 0.443. The van der Waals surface area contributed by atoms with Gasteiger partial charge in [0, 0.05) is 37.1 Å². The van der Waals surface area contributed by atoms with Gasteiger partial charge in [0.2, 0.25) is 5.91 Å². The molecule has 0 spiro atoms. The number of hydrogen-bond acceptors (Lipinski definition) is 7. The van der Waals surface area contributed by atoms with Crippen molar-refractivity contribution in [1.29, 1.82) is 10.7 Å². The third-order valence-corrected chi connectivity index (χ3v) is 11.0. The Morgan fingerprint density at radius 2 is 1.63 bits per heavy atom. The van der Waals surface area contributed by atoms with Gasteiger partial charge in [-0.2, -0.15) is 5.26 Å². The van der Waals surface area contributed by atoms with Crippen LogP contribution in [0.4, 0.5) is 10.5 Å². The van der Waals surface area contributed by atoms with Crippen molar-refractivity contribution in [2.45, 2.75) is 57.0 Å². The quantitative estimate of drug-likeness (QED) is 0.105. The molecular weight excluding hydrogens is 640 g/mol. The fourth-order valence-electron chi connectivity index (χ4n) is 8.08. The lowest BCUT2D eigenvalue weighted by Crippen LogP contribution is -2.50. The molecule has 264 valence electrons. The summed E-state index contributed by atoms with van der Waals surface area (Å²) in [5.41, 5.74) is 6.20. The molecule has 0 bridgehead atoms. The van der Waals surface area contributed by atoms with Gasteiger partial charge in [0.1, 0.15) is 11.9 Å². The Morgan fingerprint density at radius 1 is 0.980 bits per heavy atom. The average Bonchev–Trinajstić information content (AvgIpc) is 3.61. The highest BCUT2D eigenvalue weighted by Crippen LogP contribution is 2.53. The lowest BCUT2D eigenvalue weighted by Gasteiger charge is -2.37. The molecule has 0 aromatic heterocycles. The second-order valence-electron chi connectivity index (χ2n) is 13.9. The fraction of sp³-hybridized carbons (Fsp3) is 0.375. The number of carbonyl (C=O) groups excluding carboxylic acids is 3. The third-order valence-electron chi connectivity index (χ3n) is 11.0. The summed E-state index contributed by atoms with van der Waals surface area (Å²) >= 11 is 0. The summed E-state index contributed by atoms with van der Waals surface area (Å²) in [5, 5.41) is 34.3. The highest BCUT2D eigenvalue weighted by molar-refractivity contribution is 6.08. The molecule has 2 unspecified atom stereocenters. The number of aryl methyl sites for hydroxylation is 3. The van der Waals surface area contributed by atoms with Gasteiger partial charge in [-0.15, -0.1) is 0 Å². The van der Waals surface area contributed by atoms with E-state index >= 15 is 0 Å². The number of fused-ring (bicyclic) bond motifs is 3. The van der Waals surface area contributed by atoms with Crippen molar-refractivity contribution in [3.63, 3.8) is 0 Å². The highest BCUT2D eigenvalue weighted by atomic mass is 16.2. The minimum absolute atomic E-state index is 0.0312. The average molecular weight is 687 g/mol. The van der Waals surface area contributed by atoms with Crippen LogP contribution in [-0.2, 0) is 23.1 Å². The third kappa shape index (κ3) is 6.71. The van der Waals surface area contributed by atoms with Crippen LogP contribution in [0.5, 0.6) is 0 Å². The highest BCUT2D eigenvalue weighted by Gasteiger charge is 2.60. The predicted molar refractivity (Wildman–Crippen MR) is 198 cm³/mol. The van der Waals surface area contributed by atoms with Gasteiger partial charge in [-0.25, -0.2) is 4.79 Å². The monoisotopic (exact) mass is 686 g/mol. The van der Waals surface area contributed by atoms with E-state index in [0.29, 0.717) is 48.9 Å². The molecule has 0 radical (unpaired) electrons. The van der Waals surface area contributed by atoms with Gasteiger partial charge in [-0.3, -0.25) is 20.3 Å². The van der Waals surface area contributed by atoms with Crippen molar-refractivity contribution in [3.8, 4) is 6.07 Å². The van der Waals surface area contributed by atoms with Crippen LogP contribution in [0.3, 0.4) is 0 Å². The number of amides is 4. The van der Waals surface area contributed by atoms with Crippen LogP contribution in [0.2, 0.25) is 0 Å². The fourth-order valence-corrected chi connectivity index (χ4v) is 8.08. The molecule has 1 saturated heterocycles. The Hall–Kier alpha value is -5.47. The van der Waals surface area contributed by atoms with Crippen LogP contribution in [0.25, 0.3) is 5.70 Å². The topological polar surface area (TPSA) is 162 Å². The standard InChI is InChI=1S/C40H46N8O3/c1-23-6-12-30(13-7-23)46-39(51)47-38(42)40(16-17-45-22-35(49)48-31(21-41)20-32-24(2)36(32)48)33-14-10-26(25(3)43-4)18-27(33)8-9-28-19-29(37(50)44-5)11-15-34(28)40/h6-7,10-15,18-19,24,31-32,36,43,45H,3,8-9,16-17,20,22H2,1-2,4-5H3,(H,44,50)(H3,42,46,47,51)/t24-,31?,32+,36-,40?/m0/s1. The molecule has 11 nitrogen and oxygen atoms in total. The maximum absolute atomic E-state index is 13.5. The Kier molecular flexibility index (Phi) is 9.99. The Bertz CT molecular complexity index is 1860. The van der Waals surface area contributed by atoms with Crippen LogP contribution < -0.4 is 26.6 Å². The van der Waals surface area contributed by atoms with Crippen LogP contribution in [-0.4, -0.2) is 67.8 Å². The first-order valence-electron chi connectivity index (χ1n) is 17.5. The van der Waals surface area contributed by atoms with E-state index < -0.39 is 17.5 Å². The number of rotatable bonds is 10. The van der Waals surface area contributed by atoms with E-state index in [2.05, 4.69) is 52.2 Å². The molecular formula is C40H46N8O3. The van der Waals surface area contributed by atoms with Gasteiger partial charge in [0.15, 0.2) is 0 Å². The van der Waals surface area contributed by atoms with E-state index in [-0.39, 0.29) is 30.2 Å². The van der Waals surface area contributed by atoms with Crippen molar-refractivity contribution in [1.82, 2.24) is 26.2 Å². The minimum Gasteiger partial charge on any atom is -0.388 e. The Morgan fingerprint density at radius 3 is 2.25 bits per heavy atom. The lowest BCUT2D eigenvalue weighted by atomic mass is 9.68. The number of urea groups is 1. The van der Waals surface area contributed by atoms with Gasteiger partial charge in [-0.1, -0.05) is 49.4 Å². The molecule has 3 aromatic rings. The molecule has 5 atom stereocenters. The van der Waals surface area contributed by atoms with Crippen molar-refractivity contribution in [3.05, 3.63) is 106 Å². The first-order valence-corrected chi connectivity index (χ1v) is 17.5. The molecule has 51 heavy (non-hydrogen) atoms. The van der Waals surface area contributed by atoms with Crippen molar-refractivity contribution in [2.24, 2.45) is 11.8 Å². The van der Waals surface area contributed by atoms with E-state index in [0.717, 1.165) is 45.5 Å². The molecule has 2 fully saturated rings. The number of nitriles is 1.